The second-order valence-electron chi connectivity index (χ2n) is 6.86. The summed E-state index contributed by atoms with van der Waals surface area (Å²) in [7, 11) is -3.40. The molecule has 0 saturated carbocycles. The van der Waals surface area contributed by atoms with Crippen LogP contribution in [0, 0.1) is 0 Å². The van der Waals surface area contributed by atoms with Crippen molar-refractivity contribution in [1.29, 1.82) is 0 Å². The summed E-state index contributed by atoms with van der Waals surface area (Å²) in [5, 5.41) is 0. The van der Waals surface area contributed by atoms with Crippen LogP contribution in [0.15, 0.2) is 47.4 Å². The van der Waals surface area contributed by atoms with Gasteiger partial charge in [-0.2, -0.15) is 26.3 Å². The summed E-state index contributed by atoms with van der Waals surface area (Å²) >= 11 is 0. The maximum atomic E-state index is 13.2. The van der Waals surface area contributed by atoms with Crippen LogP contribution in [0.1, 0.15) is 41.5 Å². The Morgan fingerprint density at radius 2 is 1.21 bits per heavy atom. The second kappa shape index (κ2) is 7.19. The molecule has 0 unspecified atom stereocenters. The van der Waals surface area contributed by atoms with E-state index in [9.17, 15) is 34.8 Å². The van der Waals surface area contributed by atoms with Gasteiger partial charge in [-0.05, 0) is 65.8 Å². The Hall–Kier alpha value is -2.29. The van der Waals surface area contributed by atoms with E-state index in [-0.39, 0.29) is 10.5 Å². The molecule has 0 spiro atoms. The van der Waals surface area contributed by atoms with E-state index in [1.54, 1.807) is 12.1 Å². The van der Waals surface area contributed by atoms with E-state index >= 15 is 0 Å². The van der Waals surface area contributed by atoms with Crippen LogP contribution in [0.2, 0.25) is 0 Å². The number of alkyl halides is 6. The Labute approximate surface area is 163 Å². The predicted octanol–water partition coefficient (Wildman–Crippen LogP) is 6.22. The van der Waals surface area contributed by atoms with E-state index < -0.39 is 33.3 Å². The van der Waals surface area contributed by atoms with Crippen LogP contribution in [-0.2, 0) is 22.2 Å². The highest BCUT2D eigenvalue weighted by molar-refractivity contribution is 7.90. The van der Waals surface area contributed by atoms with Crippen LogP contribution in [0.25, 0.3) is 11.1 Å². The van der Waals surface area contributed by atoms with Gasteiger partial charge < -0.3 is 0 Å². The van der Waals surface area contributed by atoms with Crippen molar-refractivity contribution in [2.24, 2.45) is 0 Å². The lowest BCUT2D eigenvalue weighted by Gasteiger charge is -2.17. The van der Waals surface area contributed by atoms with Gasteiger partial charge >= 0.3 is 12.4 Å². The smallest absolute Gasteiger partial charge is 0.224 e. The summed E-state index contributed by atoms with van der Waals surface area (Å²) < 4.78 is 102. The van der Waals surface area contributed by atoms with Gasteiger partial charge in [0, 0.05) is 6.26 Å². The molecule has 156 valence electrons. The van der Waals surface area contributed by atoms with Crippen LogP contribution in [0.3, 0.4) is 0 Å². The van der Waals surface area contributed by atoms with Gasteiger partial charge in [-0.15, -0.1) is 0 Å². The van der Waals surface area contributed by atoms with Crippen molar-refractivity contribution in [3.8, 4) is 0 Å². The van der Waals surface area contributed by atoms with E-state index in [1.807, 2.05) is 0 Å². The molecule has 9 heteroatoms. The van der Waals surface area contributed by atoms with E-state index in [2.05, 4.69) is 0 Å². The first kappa shape index (κ1) is 21.4. The van der Waals surface area contributed by atoms with E-state index in [1.165, 1.54) is 12.1 Å². The summed E-state index contributed by atoms with van der Waals surface area (Å²) in [6, 6.07) is 8.01. The lowest BCUT2D eigenvalue weighted by Crippen LogP contribution is -2.16. The number of benzene rings is 2. The average Bonchev–Trinajstić information content (AvgIpc) is 3.09. The van der Waals surface area contributed by atoms with Crippen LogP contribution >= 0.6 is 0 Å². The topological polar surface area (TPSA) is 34.1 Å². The molecule has 29 heavy (non-hydrogen) atoms. The van der Waals surface area contributed by atoms with Gasteiger partial charge in [-0.25, -0.2) is 8.42 Å². The van der Waals surface area contributed by atoms with Crippen LogP contribution in [0.4, 0.5) is 26.3 Å². The fourth-order valence-corrected chi connectivity index (χ4v) is 4.13. The maximum Gasteiger partial charge on any atom is 0.417 e. The summed E-state index contributed by atoms with van der Waals surface area (Å²) in [6.07, 6.45) is -7.60. The monoisotopic (exact) mass is 434 g/mol. The molecule has 0 radical (unpaired) electrons. The largest absolute Gasteiger partial charge is 0.417 e. The molecule has 2 aromatic rings. The normalized spacial score (nSPS) is 15.8. The van der Waals surface area contributed by atoms with Crippen LogP contribution in [0.5, 0.6) is 0 Å². The first-order valence-electron chi connectivity index (χ1n) is 8.60. The highest BCUT2D eigenvalue weighted by Gasteiger charge is 2.43. The predicted molar refractivity (Wildman–Crippen MR) is 96.7 cm³/mol. The summed E-state index contributed by atoms with van der Waals surface area (Å²) in [5.41, 5.74) is -1.46. The van der Waals surface area contributed by atoms with Gasteiger partial charge in [0.05, 0.1) is 16.0 Å². The molecule has 0 atom stereocenters. The number of sulfone groups is 1. The highest BCUT2D eigenvalue weighted by atomic mass is 32.2. The van der Waals surface area contributed by atoms with Crippen molar-refractivity contribution >= 4 is 21.0 Å². The lowest BCUT2D eigenvalue weighted by molar-refractivity contribution is -0.162. The lowest BCUT2D eigenvalue weighted by atomic mass is 9.94. The Bertz CT molecular complexity index is 1060. The van der Waals surface area contributed by atoms with Crippen molar-refractivity contribution in [2.75, 3.05) is 6.26 Å². The molecule has 0 N–H and O–H groups in total. The molecule has 0 heterocycles. The number of allylic oxidation sites excluding steroid dienone is 2. The minimum Gasteiger partial charge on any atom is -0.224 e. The molecule has 2 aromatic carbocycles. The number of rotatable bonds is 3. The number of hydrogen-bond acceptors (Lipinski definition) is 2. The minimum atomic E-state index is -5.14. The molecule has 3 rings (SSSR count). The van der Waals surface area contributed by atoms with Crippen molar-refractivity contribution in [3.63, 3.8) is 0 Å². The Morgan fingerprint density at radius 3 is 1.69 bits per heavy atom. The third-order valence-electron chi connectivity index (χ3n) is 4.83. The quantitative estimate of drug-likeness (QED) is 0.538. The third-order valence-corrected chi connectivity index (χ3v) is 5.96. The molecule has 0 bridgehead atoms. The summed E-state index contributed by atoms with van der Waals surface area (Å²) in [5.74, 6) is 0. The standard InChI is InChI=1S/C20H16F6O2S/c1-29(27,28)14-8-5-12(6-9-14)15-3-2-4-16(15)13-7-10-17(19(21,22)23)18(11-13)20(24,25)26/h5-11H,2-4H2,1H3. The minimum absolute atomic E-state index is 0.0880. The molecular formula is C20H16F6O2S. The van der Waals surface area contributed by atoms with Gasteiger partial charge in [-0.1, -0.05) is 18.2 Å². The van der Waals surface area contributed by atoms with Gasteiger partial charge in [0.1, 0.15) is 0 Å². The average molecular weight is 434 g/mol. The number of halogens is 6. The van der Waals surface area contributed by atoms with E-state index in [4.69, 9.17) is 0 Å². The Balaban J connectivity index is 2.11. The second-order valence-corrected chi connectivity index (χ2v) is 8.88. The van der Waals surface area contributed by atoms with E-state index in [0.717, 1.165) is 12.3 Å². The molecule has 2 nitrogen and oxygen atoms in total. The number of hydrogen-bond donors (Lipinski definition) is 0. The van der Waals surface area contributed by atoms with Crippen molar-refractivity contribution in [3.05, 3.63) is 64.7 Å². The zero-order valence-electron chi connectivity index (χ0n) is 15.2. The molecule has 0 aliphatic heterocycles. The molecular weight excluding hydrogens is 418 g/mol. The molecule has 0 aromatic heterocycles. The molecule has 0 amide bonds. The zero-order valence-corrected chi connectivity index (χ0v) is 16.0. The SMILES string of the molecule is CS(=O)(=O)c1ccc(C2=C(c3ccc(C(F)(F)F)c(C(F)(F)F)c3)CCC2)cc1. The Morgan fingerprint density at radius 1 is 0.724 bits per heavy atom. The highest BCUT2D eigenvalue weighted by Crippen LogP contribution is 2.45. The first-order chi connectivity index (χ1) is 13.3. The Kier molecular flexibility index (Phi) is 5.31. The van der Waals surface area contributed by atoms with Crippen LogP contribution in [-0.4, -0.2) is 14.7 Å². The fourth-order valence-electron chi connectivity index (χ4n) is 3.50. The maximum absolute atomic E-state index is 13.2. The summed E-state index contributed by atoms with van der Waals surface area (Å²) in [4.78, 5) is 0.107. The van der Waals surface area contributed by atoms with Gasteiger partial charge in [0.25, 0.3) is 0 Å². The molecule has 1 aliphatic rings. The molecule has 0 saturated heterocycles. The van der Waals surface area contributed by atoms with Crippen molar-refractivity contribution in [2.45, 2.75) is 36.5 Å². The van der Waals surface area contributed by atoms with Gasteiger partial charge in [0.2, 0.25) is 0 Å². The van der Waals surface area contributed by atoms with Gasteiger partial charge in [0.15, 0.2) is 9.84 Å². The van der Waals surface area contributed by atoms with E-state index in [0.29, 0.717) is 48.1 Å². The van der Waals surface area contributed by atoms with Crippen molar-refractivity contribution in [1.82, 2.24) is 0 Å². The van der Waals surface area contributed by atoms with Crippen LogP contribution < -0.4 is 0 Å². The molecule has 1 aliphatic carbocycles. The van der Waals surface area contributed by atoms with Gasteiger partial charge in [-0.3, -0.25) is 0 Å². The first-order valence-corrected chi connectivity index (χ1v) is 10.5. The zero-order chi connectivity index (χ0) is 21.6. The van der Waals surface area contributed by atoms with Crippen molar-refractivity contribution < 1.29 is 34.8 Å². The fraction of sp³-hybridized carbons (Fsp3) is 0.300. The summed E-state index contributed by atoms with van der Waals surface area (Å²) in [6.45, 7) is 0. The molecule has 0 fully saturated rings. The third kappa shape index (κ3) is 4.49.